The lowest BCUT2D eigenvalue weighted by atomic mass is 10.1. The summed E-state index contributed by atoms with van der Waals surface area (Å²) in [5.41, 5.74) is -1.30. The zero-order chi connectivity index (χ0) is 86.7. The van der Waals surface area contributed by atoms with Crippen molar-refractivity contribution in [2.45, 2.75) is 87.5 Å². The van der Waals surface area contributed by atoms with Crippen molar-refractivity contribution in [2.24, 2.45) is 0 Å². The van der Waals surface area contributed by atoms with Crippen LogP contribution in [0.3, 0.4) is 0 Å². The number of ether oxygens (including phenoxy) is 2. The summed E-state index contributed by atoms with van der Waals surface area (Å²) in [7, 11) is 0. The molecule has 6 aromatic rings. The average molecular weight is 1680 g/mol. The minimum atomic E-state index is -5.08. The molecule has 37 nitrogen and oxygen atoms in total. The third-order valence-corrected chi connectivity index (χ3v) is 19.5. The third kappa shape index (κ3) is 27.1. The Kier molecular flexibility index (Phi) is 33.5. The van der Waals surface area contributed by atoms with Crippen molar-refractivity contribution in [1.29, 1.82) is 10.5 Å². The van der Waals surface area contributed by atoms with E-state index in [1.807, 2.05) is 4.90 Å². The van der Waals surface area contributed by atoms with Gasteiger partial charge in [0.2, 0.25) is 17.7 Å². The molecule has 9 rings (SSSR count). The number of unbranched alkanes of at least 4 members (excludes halogenated alkanes) is 2. The number of carbonyl (C=O) groups is 9. The molecule has 5 amide bonds. The van der Waals surface area contributed by atoms with Gasteiger partial charge in [-0.05, 0) is 80.6 Å². The van der Waals surface area contributed by atoms with Gasteiger partial charge in [0.05, 0.1) is 86.8 Å². The summed E-state index contributed by atoms with van der Waals surface area (Å²) in [4.78, 5) is 178. The van der Waals surface area contributed by atoms with Crippen LogP contribution in [-0.2, 0) is 33.6 Å². The van der Waals surface area contributed by atoms with Crippen molar-refractivity contribution in [2.75, 3.05) is 178 Å². The van der Waals surface area contributed by atoms with Gasteiger partial charge >= 0.3 is 30.1 Å². The number of pyridine rings is 2. The number of anilines is 4. The molecule has 0 radical (unpaired) electrons. The van der Waals surface area contributed by atoms with E-state index < -0.39 is 150 Å². The van der Waals surface area contributed by atoms with Crippen molar-refractivity contribution in [3.05, 3.63) is 113 Å². The molecule has 119 heavy (non-hydrogen) atoms. The number of halogens is 7. The SMILES string of the molecule is N#C[C@@H]1CC(F)(F)CN1C(=O)CNC(=O)c1ccnc2ccc(OCCCCNc3c(NCCNCCN4CCN(CC(=O)O)CCN(C(CCC(=O)NCCNc5c(NCCCCOc6ccc7nccc(C(=O)NCC(=O)N8CC(F)(F)C[C@H]8C#N)c7c6)c(=O)c5=O)C(=O)O)CCN(CC(=O)O)CC4)c(=O)c3=O)cc12.O=C(O)C(F)(F)F. The molecule has 0 bridgehead atoms. The van der Waals surface area contributed by atoms with Gasteiger partial charge in [0, 0.05) is 147 Å². The molecule has 0 aliphatic carbocycles. The highest BCUT2D eigenvalue weighted by Crippen LogP contribution is 2.34. The summed E-state index contributed by atoms with van der Waals surface area (Å²) in [5, 5.41) is 79.4. The number of likely N-dealkylation sites (tertiary alicyclic amines) is 2. The van der Waals surface area contributed by atoms with Crippen molar-refractivity contribution >= 4 is 98.0 Å². The molecule has 12 N–H and O–H groups in total. The number of amides is 5. The molecule has 3 aliphatic rings. The zero-order valence-corrected chi connectivity index (χ0v) is 64.2. The first kappa shape index (κ1) is 92.3. The fraction of sp³-hybridized carbons (Fsp3) is 0.507. The number of nitriles is 2. The summed E-state index contributed by atoms with van der Waals surface area (Å²) >= 11 is 0. The lowest BCUT2D eigenvalue weighted by Crippen LogP contribution is -2.52. The highest BCUT2D eigenvalue weighted by Gasteiger charge is 2.48. The van der Waals surface area contributed by atoms with Gasteiger partial charge in [-0.1, -0.05) is 0 Å². The molecule has 3 atom stereocenters. The van der Waals surface area contributed by atoms with Gasteiger partial charge < -0.3 is 82.2 Å². The third-order valence-electron chi connectivity index (χ3n) is 19.5. The lowest BCUT2D eigenvalue weighted by Gasteiger charge is -2.35. The van der Waals surface area contributed by atoms with E-state index in [1.165, 1.54) is 24.5 Å². The molecular weight excluding hydrogens is 1590 g/mol. The van der Waals surface area contributed by atoms with Gasteiger partial charge in [-0.3, -0.25) is 87.1 Å². The topological polar surface area (TPSA) is 510 Å². The molecule has 0 spiro atoms. The Morgan fingerprint density at radius 1 is 0.529 bits per heavy atom. The van der Waals surface area contributed by atoms with Crippen LogP contribution in [0.4, 0.5) is 53.5 Å². The number of hydrogen-bond donors (Lipinski definition) is 12. The molecule has 1 unspecified atom stereocenters. The smallest absolute Gasteiger partial charge is 0.490 e. The number of rotatable bonds is 40. The minimum Gasteiger partial charge on any atom is -0.494 e. The van der Waals surface area contributed by atoms with Crippen LogP contribution < -0.4 is 73.7 Å². The van der Waals surface area contributed by atoms with Crippen LogP contribution in [-0.4, -0.2) is 307 Å². The fourth-order valence-corrected chi connectivity index (χ4v) is 13.3. The van der Waals surface area contributed by atoms with Gasteiger partial charge in [-0.25, -0.2) is 22.4 Å². The second kappa shape index (κ2) is 43.3. The number of nitrogens with one attached hydrogen (secondary N) is 8. The first-order valence-corrected chi connectivity index (χ1v) is 37.8. The Balaban J connectivity index is 0.00000241. The van der Waals surface area contributed by atoms with E-state index in [0.29, 0.717) is 98.3 Å². The maximum Gasteiger partial charge on any atom is 0.490 e. The molecule has 3 saturated heterocycles. The van der Waals surface area contributed by atoms with Crippen molar-refractivity contribution < 1.29 is 104 Å². The van der Waals surface area contributed by atoms with Crippen LogP contribution in [0.15, 0.2) is 80.1 Å². The molecule has 0 saturated carbocycles. The van der Waals surface area contributed by atoms with Gasteiger partial charge in [0.15, 0.2) is 0 Å². The number of hydrogen-bond acceptors (Lipinski definition) is 28. The van der Waals surface area contributed by atoms with Gasteiger partial charge in [0.1, 0.15) is 52.4 Å². The summed E-state index contributed by atoms with van der Waals surface area (Å²) in [6, 6.07) is 12.1. The quantitative estimate of drug-likeness (QED) is 0.0145. The Bertz CT molecular complexity index is 4830. The molecule has 3 fully saturated rings. The lowest BCUT2D eigenvalue weighted by molar-refractivity contribution is -0.192. The first-order valence-electron chi connectivity index (χ1n) is 37.8. The van der Waals surface area contributed by atoms with Gasteiger partial charge in [0.25, 0.3) is 45.4 Å². The number of aromatic nitrogens is 2. The van der Waals surface area contributed by atoms with Crippen LogP contribution in [0.2, 0.25) is 0 Å². The summed E-state index contributed by atoms with van der Waals surface area (Å²) in [6.45, 7) is 0.257. The second-order valence-electron chi connectivity index (χ2n) is 28.0. The van der Waals surface area contributed by atoms with Gasteiger partial charge in [-0.2, -0.15) is 23.7 Å². The van der Waals surface area contributed by atoms with Crippen molar-refractivity contribution in [3.8, 4) is 23.6 Å². The molecule has 2 aromatic heterocycles. The number of carbonyl (C=O) groups excluding carboxylic acids is 5. The summed E-state index contributed by atoms with van der Waals surface area (Å²) in [5.74, 6) is -15.4. The van der Waals surface area contributed by atoms with E-state index in [2.05, 4.69) is 52.5 Å². The average Bonchev–Trinajstić information content (AvgIpc) is 1.75. The van der Waals surface area contributed by atoms with Gasteiger partial charge in [-0.15, -0.1) is 0 Å². The van der Waals surface area contributed by atoms with Crippen molar-refractivity contribution in [3.63, 3.8) is 0 Å². The number of nitrogens with zero attached hydrogens (tertiary/aromatic N) is 10. The predicted molar refractivity (Wildman–Crippen MR) is 412 cm³/mol. The number of aliphatic carboxylic acids is 4. The highest BCUT2D eigenvalue weighted by atomic mass is 19.4. The maximum atomic E-state index is 13.9. The fourth-order valence-electron chi connectivity index (χ4n) is 13.3. The van der Waals surface area contributed by atoms with Crippen LogP contribution >= 0.6 is 0 Å². The number of carboxylic acids is 4. The van der Waals surface area contributed by atoms with E-state index in [9.17, 15) is 114 Å². The summed E-state index contributed by atoms with van der Waals surface area (Å²) < 4.78 is 99.2. The number of alkyl halides is 7. The Morgan fingerprint density at radius 2 is 0.933 bits per heavy atom. The Morgan fingerprint density at radius 3 is 1.34 bits per heavy atom. The van der Waals surface area contributed by atoms with E-state index in [0.717, 1.165) is 9.80 Å². The van der Waals surface area contributed by atoms with E-state index in [4.69, 9.17) is 19.4 Å². The Hall–Kier alpha value is -12.3. The standard InChI is InChI=1S/C73H88F4N18O17.C2HF3O2/c74-72(75)35-45(37-78)94(43-72)57(97)39-88-69(107)49-11-15-81-53-7-5-47(33-51(49)53)111-31-3-1-13-84-61-63(67(105)65(61)103)86-18-17-80-21-22-90-23-25-91(41-59(99)100)27-29-93(30-28-92(26-24-90)42-60(101)102)55(71(109)110)9-10-56(96)83-19-20-87-64-62(66(104)68(64)106)85-14-2-4-32-112-48-6-8-54-52(34-48)50(12-16-82-54)70(108)89-40-58(98)95-44-73(76,77)36-46(95)38-79;3-2(4,5)1(6)7/h5-8,11-12,15-16,33-34,45-46,55,80,84-87H,1-4,9-10,13-14,17-32,35-36,39-44H2,(H,83,96)(H,88,107)(H,89,108)(H,99,100)(H,101,102)(H,109,110);(H,6,7)/t45-,46-,55?;/m0./s1. The van der Waals surface area contributed by atoms with Crippen LogP contribution in [0.5, 0.6) is 11.5 Å². The monoisotopic (exact) mass is 1680 g/mol. The van der Waals surface area contributed by atoms with Crippen molar-refractivity contribution in [1.82, 2.24) is 60.6 Å². The number of fused-ring (bicyclic) bond motifs is 2. The van der Waals surface area contributed by atoms with Crippen LogP contribution in [0.25, 0.3) is 21.8 Å². The highest BCUT2D eigenvalue weighted by molar-refractivity contribution is 6.08. The van der Waals surface area contributed by atoms with E-state index in [-0.39, 0.29) is 138 Å². The largest absolute Gasteiger partial charge is 0.494 e. The van der Waals surface area contributed by atoms with E-state index in [1.54, 1.807) is 63.2 Å². The summed E-state index contributed by atoms with van der Waals surface area (Å²) in [6.07, 6.45) is -2.27. The number of benzene rings is 2. The molecule has 3 aliphatic heterocycles. The maximum absolute atomic E-state index is 13.9. The van der Waals surface area contributed by atoms with Crippen LogP contribution in [0.1, 0.15) is 72.1 Å². The zero-order valence-electron chi connectivity index (χ0n) is 64.2. The molecule has 44 heteroatoms. The first-order chi connectivity index (χ1) is 56.6. The normalized spacial score (nSPS) is 17.0. The second-order valence-corrected chi connectivity index (χ2v) is 28.0. The predicted octanol–water partition coefficient (Wildman–Crippen LogP) is 0.984. The molecule has 4 aromatic carbocycles. The van der Waals surface area contributed by atoms with Crippen LogP contribution in [0, 0.1) is 22.7 Å². The molecule has 5 heterocycles. The number of carboxylic acid groups (broad SMARTS) is 4. The Labute approximate surface area is 673 Å². The molecular formula is C75H89F7N18O19. The minimum absolute atomic E-state index is 0.0168. The van der Waals surface area contributed by atoms with E-state index >= 15 is 0 Å². The molecule has 642 valence electrons.